The van der Waals surface area contributed by atoms with Crippen molar-refractivity contribution in [2.45, 2.75) is 76.5 Å². The Balaban J connectivity index is 1.16. The Morgan fingerprint density at radius 3 is 1.43 bits per heavy atom. The van der Waals surface area contributed by atoms with Crippen LogP contribution in [0, 0.1) is 13.8 Å². The number of likely N-dealkylation sites (tertiary alicyclic amines) is 2. The fourth-order valence-electron chi connectivity index (χ4n) is 7.36. The molecule has 0 bridgehead atoms. The van der Waals surface area contributed by atoms with Crippen LogP contribution in [0.5, 0.6) is 0 Å². The molecule has 6 nitrogen and oxygen atoms in total. The second kappa shape index (κ2) is 9.99. The Bertz CT molecular complexity index is 1350. The molecule has 0 radical (unpaired) electrons. The second-order valence-electron chi connectivity index (χ2n) is 12.1. The van der Waals surface area contributed by atoms with Crippen LogP contribution in [0.1, 0.15) is 96.1 Å². The third kappa shape index (κ3) is 4.43. The van der Waals surface area contributed by atoms with Gasteiger partial charge in [-0.3, -0.25) is 9.59 Å². The molecule has 6 heteroatoms. The molecule has 3 aromatic carbocycles. The second-order valence-corrected chi connectivity index (χ2v) is 12.1. The van der Waals surface area contributed by atoms with Crippen LogP contribution in [0.4, 0.5) is 11.4 Å². The van der Waals surface area contributed by atoms with Crippen molar-refractivity contribution in [2.75, 3.05) is 23.7 Å². The zero-order valence-electron chi connectivity index (χ0n) is 23.5. The van der Waals surface area contributed by atoms with Gasteiger partial charge in [-0.25, -0.2) is 0 Å². The van der Waals surface area contributed by atoms with Gasteiger partial charge < -0.3 is 20.4 Å². The summed E-state index contributed by atoms with van der Waals surface area (Å²) in [5.74, 6) is 0.552. The Morgan fingerprint density at radius 2 is 1.05 bits per heavy atom. The van der Waals surface area contributed by atoms with Crippen LogP contribution < -0.4 is 10.6 Å². The summed E-state index contributed by atoms with van der Waals surface area (Å²) in [6.07, 6.45) is 4.95. The fourth-order valence-corrected chi connectivity index (χ4v) is 7.36. The number of fused-ring (bicyclic) bond motifs is 2. The summed E-state index contributed by atoms with van der Waals surface area (Å²) < 4.78 is 0. The van der Waals surface area contributed by atoms with Crippen molar-refractivity contribution < 1.29 is 9.59 Å². The van der Waals surface area contributed by atoms with Crippen LogP contribution >= 0.6 is 0 Å². The fraction of sp³-hybridized carbons (Fsp3) is 0.412. The van der Waals surface area contributed by atoms with Crippen molar-refractivity contribution >= 4 is 23.2 Å². The number of nitrogens with one attached hydrogen (secondary N) is 2. The number of amides is 2. The smallest absolute Gasteiger partial charge is 0.223 e. The molecular weight excluding hydrogens is 496 g/mol. The van der Waals surface area contributed by atoms with Crippen molar-refractivity contribution in [3.05, 3.63) is 94.0 Å². The van der Waals surface area contributed by atoms with Gasteiger partial charge in [-0.05, 0) is 73.9 Å². The highest BCUT2D eigenvalue weighted by Crippen LogP contribution is 2.46. The first-order chi connectivity index (χ1) is 19.4. The lowest BCUT2D eigenvalue weighted by Gasteiger charge is -2.39. The first-order valence-corrected chi connectivity index (χ1v) is 14.9. The van der Waals surface area contributed by atoms with Crippen LogP contribution in [0.15, 0.2) is 60.7 Å². The zero-order valence-corrected chi connectivity index (χ0v) is 23.5. The highest BCUT2D eigenvalue weighted by molar-refractivity contribution is 5.80. The van der Waals surface area contributed by atoms with E-state index in [0.717, 1.165) is 50.1 Å². The molecule has 206 valence electrons. The third-order valence-corrected chi connectivity index (χ3v) is 9.42. The molecule has 0 saturated carbocycles. The molecule has 0 aliphatic carbocycles. The van der Waals surface area contributed by atoms with Crippen LogP contribution in [-0.4, -0.2) is 34.7 Å². The van der Waals surface area contributed by atoms with E-state index in [0.29, 0.717) is 12.8 Å². The molecule has 2 fully saturated rings. The summed E-state index contributed by atoms with van der Waals surface area (Å²) in [7, 11) is 0. The molecule has 0 spiro atoms. The molecule has 4 aliphatic rings. The van der Waals surface area contributed by atoms with Crippen LogP contribution in [0.25, 0.3) is 0 Å². The Kier molecular flexibility index (Phi) is 6.29. The van der Waals surface area contributed by atoms with E-state index in [9.17, 15) is 9.59 Å². The quantitative estimate of drug-likeness (QED) is 0.389. The van der Waals surface area contributed by atoms with E-state index in [2.05, 4.69) is 94.9 Å². The predicted octanol–water partition coefficient (Wildman–Crippen LogP) is 6.74. The first kappa shape index (κ1) is 25.2. The topological polar surface area (TPSA) is 64.7 Å². The molecule has 4 aliphatic heterocycles. The Hall–Kier alpha value is -3.80. The maximum Gasteiger partial charge on any atom is 0.223 e. The molecule has 0 aromatic heterocycles. The van der Waals surface area contributed by atoms with Gasteiger partial charge in [-0.1, -0.05) is 59.7 Å². The maximum absolute atomic E-state index is 12.8. The average molecular weight is 535 g/mol. The number of carbonyl (C=O) groups is 2. The molecule has 2 amide bonds. The molecule has 4 atom stereocenters. The van der Waals surface area contributed by atoms with Crippen molar-refractivity contribution in [2.24, 2.45) is 0 Å². The van der Waals surface area contributed by atoms with Gasteiger partial charge in [0.25, 0.3) is 0 Å². The maximum atomic E-state index is 12.8. The highest BCUT2D eigenvalue weighted by atomic mass is 16.2. The summed E-state index contributed by atoms with van der Waals surface area (Å²) in [6, 6.07) is 22.6. The predicted molar refractivity (Wildman–Crippen MR) is 158 cm³/mol. The number of hydrogen-bond acceptors (Lipinski definition) is 4. The van der Waals surface area contributed by atoms with Gasteiger partial charge in [-0.2, -0.15) is 0 Å². The SMILES string of the molecule is Cc1ccc2c(c1)C(N1CCCC1=O)CC(c1ccc(C3CC(N4CCCC4=O)c4cc(C)ccc4N3)cc1)N2. The summed E-state index contributed by atoms with van der Waals surface area (Å²) >= 11 is 0. The van der Waals surface area contributed by atoms with E-state index in [-0.39, 0.29) is 36.0 Å². The molecule has 3 aromatic rings. The highest BCUT2D eigenvalue weighted by Gasteiger charge is 2.37. The lowest BCUT2D eigenvalue weighted by atomic mass is 9.85. The number of aryl methyl sites for hydroxylation is 2. The van der Waals surface area contributed by atoms with Gasteiger partial charge in [0.2, 0.25) is 11.8 Å². The first-order valence-electron chi connectivity index (χ1n) is 14.9. The Labute approximate surface area is 236 Å². The van der Waals surface area contributed by atoms with E-state index in [4.69, 9.17) is 0 Å². The third-order valence-electron chi connectivity index (χ3n) is 9.42. The van der Waals surface area contributed by atoms with Gasteiger partial charge >= 0.3 is 0 Å². The zero-order chi connectivity index (χ0) is 27.4. The van der Waals surface area contributed by atoms with Gasteiger partial charge in [0.05, 0.1) is 24.2 Å². The number of carbonyl (C=O) groups excluding carboxylic acids is 2. The monoisotopic (exact) mass is 534 g/mol. The lowest BCUT2D eigenvalue weighted by molar-refractivity contribution is -0.130. The van der Waals surface area contributed by atoms with E-state index in [1.165, 1.54) is 33.4 Å². The van der Waals surface area contributed by atoms with Crippen LogP contribution in [0.3, 0.4) is 0 Å². The number of anilines is 2. The summed E-state index contributed by atoms with van der Waals surface area (Å²) in [6.45, 7) is 5.93. The summed E-state index contributed by atoms with van der Waals surface area (Å²) in [5, 5.41) is 7.55. The van der Waals surface area contributed by atoms with Gasteiger partial charge in [0.1, 0.15) is 0 Å². The van der Waals surface area contributed by atoms with E-state index >= 15 is 0 Å². The number of rotatable bonds is 4. The van der Waals surface area contributed by atoms with Crippen molar-refractivity contribution in [1.29, 1.82) is 0 Å². The number of nitrogens with zero attached hydrogens (tertiary/aromatic N) is 2. The number of benzene rings is 3. The van der Waals surface area contributed by atoms with Crippen molar-refractivity contribution in [3.63, 3.8) is 0 Å². The minimum Gasteiger partial charge on any atom is -0.378 e. The molecule has 2 saturated heterocycles. The van der Waals surface area contributed by atoms with E-state index < -0.39 is 0 Å². The normalized spacial score (nSPS) is 25.9. The minimum atomic E-state index is 0.106. The number of hydrogen-bond donors (Lipinski definition) is 2. The standard InChI is InChI=1S/C34H38N4O2/c1-21-7-13-27-25(17-21)31(37-15-3-5-33(37)39)19-29(35-27)23-9-11-24(12-10-23)30-20-32(38-16-4-6-34(38)40)26-18-22(2)8-14-28(26)36-30/h7-14,17-18,29-32,35-36H,3-6,15-16,19-20H2,1-2H3. The summed E-state index contributed by atoms with van der Waals surface area (Å²) in [5.41, 5.74) is 9.69. The average Bonchev–Trinajstić information content (AvgIpc) is 3.59. The van der Waals surface area contributed by atoms with Crippen molar-refractivity contribution in [1.82, 2.24) is 9.80 Å². The molecular formula is C34H38N4O2. The molecule has 4 heterocycles. The lowest BCUT2D eigenvalue weighted by Crippen LogP contribution is -2.35. The van der Waals surface area contributed by atoms with E-state index in [1.807, 2.05) is 0 Å². The van der Waals surface area contributed by atoms with Gasteiger partial charge in [0, 0.05) is 37.3 Å². The van der Waals surface area contributed by atoms with Gasteiger partial charge in [-0.15, -0.1) is 0 Å². The summed E-state index contributed by atoms with van der Waals surface area (Å²) in [4.78, 5) is 29.7. The molecule has 2 N–H and O–H groups in total. The molecule has 7 rings (SSSR count). The molecule has 40 heavy (non-hydrogen) atoms. The van der Waals surface area contributed by atoms with Gasteiger partial charge in [0.15, 0.2) is 0 Å². The minimum absolute atomic E-state index is 0.106. The molecule has 4 unspecified atom stereocenters. The van der Waals surface area contributed by atoms with Crippen LogP contribution in [0.2, 0.25) is 0 Å². The Morgan fingerprint density at radius 1 is 0.625 bits per heavy atom. The largest absolute Gasteiger partial charge is 0.378 e. The van der Waals surface area contributed by atoms with Crippen LogP contribution in [-0.2, 0) is 9.59 Å². The van der Waals surface area contributed by atoms with E-state index in [1.54, 1.807) is 0 Å². The van der Waals surface area contributed by atoms with Crippen molar-refractivity contribution in [3.8, 4) is 0 Å².